The van der Waals surface area contributed by atoms with Gasteiger partial charge in [-0.15, -0.1) is 0 Å². The molecule has 0 atom stereocenters. The molecule has 0 unspecified atom stereocenters. The van der Waals surface area contributed by atoms with E-state index in [2.05, 4.69) is 40.7 Å². The van der Waals surface area contributed by atoms with E-state index in [0.717, 1.165) is 6.42 Å². The van der Waals surface area contributed by atoms with Crippen LogP contribution in [0.4, 0.5) is 0 Å². The van der Waals surface area contributed by atoms with Crippen LogP contribution in [0.2, 0.25) is 0 Å². The first-order chi connectivity index (χ1) is 6.11. The standard InChI is InChI=1S/C11H20.C2H6.CH4/c1-6-9(3)8-11(5)10(4)7-2;1-2;/h8H,6-7H2,1-5H3;1-2H3;1H4/b9-8-,11-10-;;. The van der Waals surface area contributed by atoms with Crippen molar-refractivity contribution < 1.29 is 0 Å². The van der Waals surface area contributed by atoms with Gasteiger partial charge in [0.05, 0.1) is 0 Å². The lowest BCUT2D eigenvalue weighted by atomic mass is 10.1. The summed E-state index contributed by atoms with van der Waals surface area (Å²) in [6, 6.07) is 0. The quantitative estimate of drug-likeness (QED) is 0.506. The zero-order chi connectivity index (χ0) is 10.9. The minimum absolute atomic E-state index is 0. The van der Waals surface area contributed by atoms with Crippen molar-refractivity contribution in [1.82, 2.24) is 0 Å². The van der Waals surface area contributed by atoms with Gasteiger partial charge in [-0.25, -0.2) is 0 Å². The number of allylic oxidation sites excluding steroid dienone is 4. The maximum absolute atomic E-state index is 2.29. The van der Waals surface area contributed by atoms with E-state index in [9.17, 15) is 0 Å². The minimum atomic E-state index is 0. The molecular weight excluding hydrogens is 168 g/mol. The Bertz CT molecular complexity index is 170. The molecule has 0 nitrogen and oxygen atoms in total. The molecule has 0 saturated heterocycles. The van der Waals surface area contributed by atoms with Gasteiger partial charge in [-0.05, 0) is 33.6 Å². The van der Waals surface area contributed by atoms with Crippen molar-refractivity contribution in [3.8, 4) is 0 Å². The predicted octanol–water partition coefficient (Wildman–Crippen LogP) is 5.75. The molecule has 0 fully saturated rings. The fourth-order valence-electron chi connectivity index (χ4n) is 0.874. The molecule has 0 heterocycles. The van der Waals surface area contributed by atoms with Crippen LogP contribution >= 0.6 is 0 Å². The van der Waals surface area contributed by atoms with E-state index in [4.69, 9.17) is 0 Å². The van der Waals surface area contributed by atoms with Gasteiger partial charge in [0.2, 0.25) is 0 Å². The Hall–Kier alpha value is -0.520. The van der Waals surface area contributed by atoms with Gasteiger partial charge in [0.25, 0.3) is 0 Å². The number of hydrogen-bond acceptors (Lipinski definition) is 0. The third kappa shape index (κ3) is 9.57. The highest BCUT2D eigenvalue weighted by molar-refractivity contribution is 5.25. The molecule has 0 aromatic carbocycles. The van der Waals surface area contributed by atoms with Gasteiger partial charge in [-0.2, -0.15) is 0 Å². The molecule has 0 saturated carbocycles. The Morgan fingerprint density at radius 2 is 1.36 bits per heavy atom. The smallest absolute Gasteiger partial charge is 0.0346 e. The highest BCUT2D eigenvalue weighted by atomic mass is 14.0. The SMILES string of the molecule is C.CC.CC/C(C)=C\C(C)=C(\C)CC. The predicted molar refractivity (Wildman–Crippen MR) is 70.8 cm³/mol. The molecule has 0 N–H and O–H groups in total. The summed E-state index contributed by atoms with van der Waals surface area (Å²) in [5.74, 6) is 0. The molecule has 0 aromatic heterocycles. The average molecular weight is 198 g/mol. The van der Waals surface area contributed by atoms with Gasteiger partial charge < -0.3 is 0 Å². The summed E-state index contributed by atoms with van der Waals surface area (Å²) in [6.07, 6.45) is 4.62. The van der Waals surface area contributed by atoms with Crippen LogP contribution in [0.25, 0.3) is 0 Å². The summed E-state index contributed by atoms with van der Waals surface area (Å²) in [5, 5.41) is 0. The Morgan fingerprint density at radius 3 is 1.64 bits per heavy atom. The van der Waals surface area contributed by atoms with Crippen molar-refractivity contribution in [2.45, 2.75) is 68.7 Å². The zero-order valence-corrected chi connectivity index (χ0v) is 10.5. The van der Waals surface area contributed by atoms with Crippen LogP contribution in [0.1, 0.15) is 68.7 Å². The van der Waals surface area contributed by atoms with Crippen LogP contribution < -0.4 is 0 Å². The molecule has 0 aliphatic carbocycles. The molecule has 0 aromatic rings. The lowest BCUT2D eigenvalue weighted by Gasteiger charge is -2.01. The Labute approximate surface area is 92.1 Å². The van der Waals surface area contributed by atoms with E-state index in [-0.39, 0.29) is 7.43 Å². The first-order valence-electron chi connectivity index (χ1n) is 5.45. The normalized spacial score (nSPS) is 12.1. The lowest BCUT2D eigenvalue weighted by Crippen LogP contribution is -1.80. The van der Waals surface area contributed by atoms with E-state index in [1.165, 1.54) is 23.1 Å². The Balaban J connectivity index is -0.000000376. The van der Waals surface area contributed by atoms with Crippen LogP contribution in [0.5, 0.6) is 0 Å². The summed E-state index contributed by atoms with van der Waals surface area (Å²) in [5.41, 5.74) is 4.40. The van der Waals surface area contributed by atoms with Gasteiger partial charge in [-0.1, -0.05) is 57.9 Å². The van der Waals surface area contributed by atoms with Crippen molar-refractivity contribution in [1.29, 1.82) is 0 Å². The van der Waals surface area contributed by atoms with Gasteiger partial charge in [0.15, 0.2) is 0 Å². The van der Waals surface area contributed by atoms with Crippen LogP contribution in [0.15, 0.2) is 22.8 Å². The van der Waals surface area contributed by atoms with Gasteiger partial charge >= 0.3 is 0 Å². The van der Waals surface area contributed by atoms with Crippen molar-refractivity contribution in [3.05, 3.63) is 22.8 Å². The molecule has 0 heteroatoms. The van der Waals surface area contributed by atoms with E-state index >= 15 is 0 Å². The van der Waals surface area contributed by atoms with E-state index in [1.54, 1.807) is 0 Å². The monoisotopic (exact) mass is 198 g/mol. The van der Waals surface area contributed by atoms with Crippen molar-refractivity contribution in [2.24, 2.45) is 0 Å². The molecule has 86 valence electrons. The molecule has 0 aliphatic rings. The van der Waals surface area contributed by atoms with E-state index in [0.29, 0.717) is 0 Å². The third-order valence-corrected chi connectivity index (χ3v) is 2.22. The maximum atomic E-state index is 2.29. The van der Waals surface area contributed by atoms with Crippen molar-refractivity contribution >= 4 is 0 Å². The second-order valence-electron chi connectivity index (χ2n) is 3.16. The first-order valence-corrected chi connectivity index (χ1v) is 5.45. The van der Waals surface area contributed by atoms with Gasteiger partial charge in [0, 0.05) is 0 Å². The topological polar surface area (TPSA) is 0 Å². The summed E-state index contributed by atoms with van der Waals surface area (Å²) in [4.78, 5) is 0. The summed E-state index contributed by atoms with van der Waals surface area (Å²) < 4.78 is 0. The van der Waals surface area contributed by atoms with E-state index in [1.807, 2.05) is 13.8 Å². The van der Waals surface area contributed by atoms with Crippen LogP contribution in [0, 0.1) is 0 Å². The second kappa shape index (κ2) is 12.5. The largest absolute Gasteiger partial charge is 0.0776 e. The van der Waals surface area contributed by atoms with Crippen molar-refractivity contribution in [3.63, 3.8) is 0 Å². The Morgan fingerprint density at radius 1 is 0.929 bits per heavy atom. The first kappa shape index (κ1) is 19.1. The van der Waals surface area contributed by atoms with Crippen LogP contribution in [-0.4, -0.2) is 0 Å². The lowest BCUT2D eigenvalue weighted by molar-refractivity contribution is 1.05. The Kier molecular flexibility index (Phi) is 17.0. The molecule has 0 bridgehead atoms. The second-order valence-corrected chi connectivity index (χ2v) is 3.16. The number of hydrogen-bond donors (Lipinski definition) is 0. The third-order valence-electron chi connectivity index (χ3n) is 2.22. The molecule has 0 amide bonds. The molecule has 0 spiro atoms. The highest BCUT2D eigenvalue weighted by Crippen LogP contribution is 2.11. The maximum Gasteiger partial charge on any atom is -0.0346 e. The summed E-state index contributed by atoms with van der Waals surface area (Å²) in [7, 11) is 0. The molecule has 0 radical (unpaired) electrons. The molecular formula is C14H30. The number of rotatable bonds is 3. The minimum Gasteiger partial charge on any atom is -0.0776 e. The zero-order valence-electron chi connectivity index (χ0n) is 10.5. The molecule has 0 aliphatic heterocycles. The summed E-state index contributed by atoms with van der Waals surface area (Å²) >= 11 is 0. The fourth-order valence-corrected chi connectivity index (χ4v) is 0.874. The molecule has 0 rings (SSSR count). The highest BCUT2D eigenvalue weighted by Gasteiger charge is 1.91. The average Bonchev–Trinajstić information content (AvgIpc) is 2.19. The fraction of sp³-hybridized carbons (Fsp3) is 0.714. The van der Waals surface area contributed by atoms with Crippen molar-refractivity contribution in [2.75, 3.05) is 0 Å². The van der Waals surface area contributed by atoms with E-state index < -0.39 is 0 Å². The molecule has 14 heavy (non-hydrogen) atoms. The van der Waals surface area contributed by atoms with Gasteiger partial charge in [-0.3, -0.25) is 0 Å². The van der Waals surface area contributed by atoms with Gasteiger partial charge in [0.1, 0.15) is 0 Å². The summed E-state index contributed by atoms with van der Waals surface area (Å²) in [6.45, 7) is 15.0. The van der Waals surface area contributed by atoms with Crippen LogP contribution in [0.3, 0.4) is 0 Å². The van der Waals surface area contributed by atoms with Crippen LogP contribution in [-0.2, 0) is 0 Å².